The highest BCUT2D eigenvalue weighted by molar-refractivity contribution is 5.72. The van der Waals surface area contributed by atoms with Crippen LogP contribution in [0.4, 0.5) is 0 Å². The van der Waals surface area contributed by atoms with E-state index in [4.69, 9.17) is 14.2 Å². The zero-order valence-corrected chi connectivity index (χ0v) is 16.8. The van der Waals surface area contributed by atoms with Gasteiger partial charge in [0.05, 0.1) is 50.3 Å². The van der Waals surface area contributed by atoms with Gasteiger partial charge in [0.25, 0.3) is 0 Å². The lowest BCUT2D eigenvalue weighted by atomic mass is 10.1. The largest absolute Gasteiger partial charge is 0.496 e. The molecule has 1 aromatic carbocycles. The van der Waals surface area contributed by atoms with Crippen LogP contribution in [0.5, 0.6) is 17.2 Å². The van der Waals surface area contributed by atoms with Gasteiger partial charge in [-0.15, -0.1) is 0 Å². The number of hydrogen-bond donors (Lipinski definition) is 0. The molecule has 7 heteroatoms. The van der Waals surface area contributed by atoms with E-state index in [2.05, 4.69) is 39.2 Å². The van der Waals surface area contributed by atoms with Crippen molar-refractivity contribution >= 4 is 0 Å². The summed E-state index contributed by atoms with van der Waals surface area (Å²) in [6, 6.07) is 6.17. The van der Waals surface area contributed by atoms with Gasteiger partial charge >= 0.3 is 0 Å². The second-order valence-corrected chi connectivity index (χ2v) is 7.20. The standard InChI is InChI=1S/C21H26N4O3/c1-14-8-15(2)25(23-14)16(3)12-24-13-22-11-18(24)17-9-20-21(10-19(17)26-4)28-7-5-6-27-20/h8-11,13,16H,5-7,12H2,1-4H3/t16-/m1/s1. The molecular weight excluding hydrogens is 356 g/mol. The highest BCUT2D eigenvalue weighted by Gasteiger charge is 2.20. The summed E-state index contributed by atoms with van der Waals surface area (Å²) < 4.78 is 21.5. The van der Waals surface area contributed by atoms with Gasteiger partial charge in [0.1, 0.15) is 5.75 Å². The third-order valence-electron chi connectivity index (χ3n) is 4.98. The number of ether oxygens (including phenoxy) is 3. The maximum absolute atomic E-state index is 5.87. The van der Waals surface area contributed by atoms with E-state index < -0.39 is 0 Å². The topological polar surface area (TPSA) is 63.3 Å². The van der Waals surface area contributed by atoms with Crippen LogP contribution in [0.1, 0.15) is 30.8 Å². The van der Waals surface area contributed by atoms with Gasteiger partial charge in [-0.1, -0.05) is 0 Å². The fourth-order valence-corrected chi connectivity index (χ4v) is 3.70. The Labute approximate surface area is 164 Å². The fourth-order valence-electron chi connectivity index (χ4n) is 3.70. The molecule has 148 valence electrons. The Bertz CT molecular complexity index is 976. The highest BCUT2D eigenvalue weighted by atomic mass is 16.5. The Morgan fingerprint density at radius 1 is 1.14 bits per heavy atom. The van der Waals surface area contributed by atoms with Crippen molar-refractivity contribution < 1.29 is 14.2 Å². The maximum Gasteiger partial charge on any atom is 0.164 e. The molecule has 2 aromatic heterocycles. The summed E-state index contributed by atoms with van der Waals surface area (Å²) in [7, 11) is 1.67. The summed E-state index contributed by atoms with van der Waals surface area (Å²) in [5, 5.41) is 4.62. The molecule has 1 atom stereocenters. The van der Waals surface area contributed by atoms with Gasteiger partial charge in [0, 0.05) is 30.3 Å². The number of aromatic nitrogens is 4. The van der Waals surface area contributed by atoms with Crippen LogP contribution in [-0.4, -0.2) is 39.7 Å². The van der Waals surface area contributed by atoms with Crippen LogP contribution < -0.4 is 14.2 Å². The molecule has 1 aliphatic rings. The first-order valence-corrected chi connectivity index (χ1v) is 9.57. The van der Waals surface area contributed by atoms with Gasteiger partial charge < -0.3 is 18.8 Å². The third-order valence-corrected chi connectivity index (χ3v) is 4.98. The molecule has 0 spiro atoms. The molecule has 1 aliphatic heterocycles. The van der Waals surface area contributed by atoms with Gasteiger partial charge in [-0.05, 0) is 32.9 Å². The average Bonchev–Trinajstić information content (AvgIpc) is 3.19. The minimum Gasteiger partial charge on any atom is -0.496 e. The van der Waals surface area contributed by atoms with Crippen LogP contribution in [0.15, 0.2) is 30.7 Å². The summed E-state index contributed by atoms with van der Waals surface area (Å²) in [4.78, 5) is 4.38. The van der Waals surface area contributed by atoms with Crippen LogP contribution in [0.25, 0.3) is 11.3 Å². The molecule has 3 aromatic rings. The number of methoxy groups -OCH3 is 1. The smallest absolute Gasteiger partial charge is 0.164 e. The molecule has 0 radical (unpaired) electrons. The summed E-state index contributed by atoms with van der Waals surface area (Å²) in [5.41, 5.74) is 4.09. The molecule has 0 bridgehead atoms. The van der Waals surface area contributed by atoms with Crippen molar-refractivity contribution in [2.75, 3.05) is 20.3 Å². The van der Waals surface area contributed by atoms with Crippen molar-refractivity contribution in [2.24, 2.45) is 0 Å². The molecule has 3 heterocycles. The molecule has 0 fully saturated rings. The Morgan fingerprint density at radius 3 is 2.57 bits per heavy atom. The summed E-state index contributed by atoms with van der Waals surface area (Å²) in [6.07, 6.45) is 4.57. The molecular formula is C21H26N4O3. The number of benzene rings is 1. The lowest BCUT2D eigenvalue weighted by Gasteiger charge is -2.19. The van der Waals surface area contributed by atoms with Crippen molar-refractivity contribution in [3.05, 3.63) is 42.1 Å². The Morgan fingerprint density at radius 2 is 1.89 bits per heavy atom. The molecule has 0 aliphatic carbocycles. The van der Waals surface area contributed by atoms with Crippen molar-refractivity contribution in [3.63, 3.8) is 0 Å². The Kier molecular flexibility index (Phi) is 4.98. The number of hydrogen-bond acceptors (Lipinski definition) is 5. The summed E-state index contributed by atoms with van der Waals surface area (Å²) in [6.45, 7) is 8.30. The summed E-state index contributed by atoms with van der Waals surface area (Å²) in [5.74, 6) is 2.21. The summed E-state index contributed by atoms with van der Waals surface area (Å²) >= 11 is 0. The minimum absolute atomic E-state index is 0.188. The number of fused-ring (bicyclic) bond motifs is 1. The number of nitrogens with zero attached hydrogens (tertiary/aromatic N) is 4. The maximum atomic E-state index is 5.87. The zero-order valence-electron chi connectivity index (χ0n) is 16.8. The molecule has 0 N–H and O–H groups in total. The number of rotatable bonds is 5. The molecule has 28 heavy (non-hydrogen) atoms. The zero-order chi connectivity index (χ0) is 19.7. The van der Waals surface area contributed by atoms with E-state index >= 15 is 0 Å². The molecule has 4 rings (SSSR count). The molecule has 0 saturated heterocycles. The van der Waals surface area contributed by atoms with E-state index in [1.165, 1.54) is 0 Å². The average molecular weight is 382 g/mol. The van der Waals surface area contributed by atoms with Crippen LogP contribution in [0.3, 0.4) is 0 Å². The minimum atomic E-state index is 0.188. The van der Waals surface area contributed by atoms with E-state index in [1.807, 2.05) is 31.6 Å². The van der Waals surface area contributed by atoms with E-state index in [-0.39, 0.29) is 6.04 Å². The van der Waals surface area contributed by atoms with Crippen LogP contribution >= 0.6 is 0 Å². The van der Waals surface area contributed by atoms with Crippen molar-refractivity contribution in [1.82, 2.24) is 19.3 Å². The Balaban J connectivity index is 1.69. The van der Waals surface area contributed by atoms with Crippen molar-refractivity contribution in [3.8, 4) is 28.5 Å². The third kappa shape index (κ3) is 3.44. The number of aryl methyl sites for hydroxylation is 2. The first-order valence-electron chi connectivity index (χ1n) is 9.57. The van der Waals surface area contributed by atoms with Crippen molar-refractivity contribution in [2.45, 2.75) is 39.8 Å². The van der Waals surface area contributed by atoms with Gasteiger partial charge in [-0.25, -0.2) is 4.98 Å². The molecule has 0 unspecified atom stereocenters. The molecule has 7 nitrogen and oxygen atoms in total. The number of imidazole rings is 1. The van der Waals surface area contributed by atoms with Gasteiger partial charge in [-0.2, -0.15) is 5.10 Å². The quantitative estimate of drug-likeness (QED) is 0.672. The molecule has 0 saturated carbocycles. The van der Waals surface area contributed by atoms with E-state index in [0.29, 0.717) is 13.2 Å². The van der Waals surface area contributed by atoms with Crippen LogP contribution in [0, 0.1) is 13.8 Å². The predicted molar refractivity (Wildman–Crippen MR) is 106 cm³/mol. The lowest BCUT2D eigenvalue weighted by Crippen LogP contribution is -2.16. The highest BCUT2D eigenvalue weighted by Crippen LogP contribution is 2.41. The van der Waals surface area contributed by atoms with E-state index in [0.717, 1.165) is 52.9 Å². The van der Waals surface area contributed by atoms with E-state index in [1.54, 1.807) is 7.11 Å². The van der Waals surface area contributed by atoms with Crippen molar-refractivity contribution in [1.29, 1.82) is 0 Å². The normalized spacial score (nSPS) is 14.6. The Hall–Kier alpha value is -2.96. The first kappa shape index (κ1) is 18.4. The monoisotopic (exact) mass is 382 g/mol. The fraction of sp³-hybridized carbons (Fsp3) is 0.429. The second-order valence-electron chi connectivity index (χ2n) is 7.20. The van der Waals surface area contributed by atoms with Gasteiger partial charge in [0.15, 0.2) is 11.5 Å². The first-order chi connectivity index (χ1) is 13.6. The van der Waals surface area contributed by atoms with E-state index in [9.17, 15) is 0 Å². The van der Waals surface area contributed by atoms with Gasteiger partial charge in [0.2, 0.25) is 0 Å². The van der Waals surface area contributed by atoms with Gasteiger partial charge in [-0.3, -0.25) is 4.68 Å². The van der Waals surface area contributed by atoms with Crippen LogP contribution in [0.2, 0.25) is 0 Å². The predicted octanol–water partition coefficient (Wildman–Crippen LogP) is 3.79. The lowest BCUT2D eigenvalue weighted by molar-refractivity contribution is 0.296. The molecule has 0 amide bonds. The van der Waals surface area contributed by atoms with Crippen LogP contribution in [-0.2, 0) is 6.54 Å². The SMILES string of the molecule is COc1cc2c(cc1-c1cncn1C[C@@H](C)n1nc(C)cc1C)OCCCO2. The second kappa shape index (κ2) is 7.58.